The van der Waals surface area contributed by atoms with E-state index < -0.39 is 12.0 Å². The summed E-state index contributed by atoms with van der Waals surface area (Å²) in [7, 11) is 0. The van der Waals surface area contributed by atoms with Gasteiger partial charge in [0, 0.05) is 17.6 Å². The molecular weight excluding hydrogens is 305 g/mol. The van der Waals surface area contributed by atoms with Crippen molar-refractivity contribution in [3.8, 4) is 0 Å². The molecule has 1 atom stereocenters. The molecule has 1 aliphatic heterocycles. The number of carboxylic acid groups (broad SMARTS) is 1. The number of ether oxygens (including phenoxy) is 1. The highest BCUT2D eigenvalue weighted by Gasteiger charge is 2.29. The third-order valence-electron chi connectivity index (χ3n) is 2.91. The first-order chi connectivity index (χ1) is 8.58. The van der Waals surface area contributed by atoms with Crippen molar-refractivity contribution in [1.82, 2.24) is 4.90 Å². The van der Waals surface area contributed by atoms with Crippen LogP contribution in [0.3, 0.4) is 0 Å². The molecule has 1 saturated heterocycles. The van der Waals surface area contributed by atoms with E-state index in [1.54, 1.807) is 11.0 Å². The molecule has 0 amide bonds. The van der Waals surface area contributed by atoms with Crippen molar-refractivity contribution in [1.29, 1.82) is 0 Å². The number of rotatable bonds is 3. The van der Waals surface area contributed by atoms with Crippen molar-refractivity contribution in [2.45, 2.75) is 12.6 Å². The van der Waals surface area contributed by atoms with Crippen molar-refractivity contribution in [3.63, 3.8) is 0 Å². The Morgan fingerprint density at radius 1 is 1.61 bits per heavy atom. The van der Waals surface area contributed by atoms with E-state index in [2.05, 4.69) is 15.9 Å². The van der Waals surface area contributed by atoms with Gasteiger partial charge in [-0.15, -0.1) is 0 Å². The van der Waals surface area contributed by atoms with E-state index >= 15 is 0 Å². The van der Waals surface area contributed by atoms with Crippen LogP contribution in [0.2, 0.25) is 0 Å². The van der Waals surface area contributed by atoms with E-state index in [0.29, 0.717) is 19.7 Å². The predicted molar refractivity (Wildman–Crippen MR) is 66.8 cm³/mol. The molecule has 1 aromatic rings. The molecule has 2 rings (SSSR count). The van der Waals surface area contributed by atoms with E-state index in [9.17, 15) is 9.18 Å². The number of carbonyl (C=O) groups is 1. The second-order valence-electron chi connectivity index (χ2n) is 4.14. The van der Waals surface area contributed by atoms with Crippen LogP contribution in [-0.2, 0) is 16.1 Å². The molecule has 1 N–H and O–H groups in total. The van der Waals surface area contributed by atoms with Crippen molar-refractivity contribution >= 4 is 21.9 Å². The molecule has 18 heavy (non-hydrogen) atoms. The minimum absolute atomic E-state index is 0.169. The fraction of sp³-hybridized carbons (Fsp3) is 0.417. The highest BCUT2D eigenvalue weighted by atomic mass is 79.9. The summed E-state index contributed by atoms with van der Waals surface area (Å²) in [6.45, 7) is 1.58. The first-order valence-electron chi connectivity index (χ1n) is 5.56. The monoisotopic (exact) mass is 317 g/mol. The molecule has 98 valence electrons. The van der Waals surface area contributed by atoms with Gasteiger partial charge in [0.05, 0.1) is 13.2 Å². The SMILES string of the molecule is O=C(O)C1COCCN1Cc1cc(F)ccc1Br. The number of hydrogen-bond donors (Lipinski definition) is 1. The van der Waals surface area contributed by atoms with E-state index in [1.165, 1.54) is 12.1 Å². The molecule has 1 aliphatic rings. The van der Waals surface area contributed by atoms with Crippen molar-refractivity contribution in [2.75, 3.05) is 19.8 Å². The number of morpholine rings is 1. The van der Waals surface area contributed by atoms with Gasteiger partial charge in [0.2, 0.25) is 0 Å². The number of carboxylic acids is 1. The van der Waals surface area contributed by atoms with Crippen molar-refractivity contribution < 1.29 is 19.0 Å². The first kappa shape index (κ1) is 13.5. The third-order valence-corrected chi connectivity index (χ3v) is 3.68. The third kappa shape index (κ3) is 3.07. The molecule has 4 nitrogen and oxygen atoms in total. The summed E-state index contributed by atoms with van der Waals surface area (Å²) >= 11 is 3.34. The summed E-state index contributed by atoms with van der Waals surface area (Å²) in [4.78, 5) is 12.9. The van der Waals surface area contributed by atoms with Gasteiger partial charge < -0.3 is 9.84 Å². The molecule has 0 saturated carbocycles. The van der Waals surface area contributed by atoms with E-state index in [1.807, 2.05) is 0 Å². The second-order valence-corrected chi connectivity index (χ2v) is 4.99. The zero-order chi connectivity index (χ0) is 13.1. The topological polar surface area (TPSA) is 49.8 Å². The molecule has 0 aromatic heterocycles. The van der Waals surface area contributed by atoms with Gasteiger partial charge in [-0.3, -0.25) is 9.69 Å². The van der Waals surface area contributed by atoms with Crippen LogP contribution in [0.4, 0.5) is 4.39 Å². The Balaban J connectivity index is 2.15. The van der Waals surface area contributed by atoms with Gasteiger partial charge in [-0.25, -0.2) is 4.39 Å². The van der Waals surface area contributed by atoms with Crippen LogP contribution in [0.25, 0.3) is 0 Å². The summed E-state index contributed by atoms with van der Waals surface area (Å²) in [5, 5.41) is 9.10. The van der Waals surface area contributed by atoms with Gasteiger partial charge in [0.25, 0.3) is 0 Å². The normalized spacial score (nSPS) is 20.9. The van der Waals surface area contributed by atoms with Crippen molar-refractivity contribution in [2.24, 2.45) is 0 Å². The standard InChI is InChI=1S/C12H13BrFNO3/c13-10-2-1-9(14)5-8(10)6-15-3-4-18-7-11(15)12(16)17/h1-2,5,11H,3-4,6-7H2,(H,16,17). The largest absolute Gasteiger partial charge is 0.480 e. The van der Waals surface area contributed by atoms with Crippen LogP contribution in [-0.4, -0.2) is 41.8 Å². The van der Waals surface area contributed by atoms with Gasteiger partial charge in [-0.1, -0.05) is 15.9 Å². The van der Waals surface area contributed by atoms with Crippen molar-refractivity contribution in [3.05, 3.63) is 34.1 Å². The summed E-state index contributed by atoms with van der Waals surface area (Å²) in [5.74, 6) is -1.24. The molecule has 6 heteroatoms. The molecule has 1 unspecified atom stereocenters. The molecule has 0 radical (unpaired) electrons. The van der Waals surface area contributed by atoms with Crippen LogP contribution >= 0.6 is 15.9 Å². The first-order valence-corrected chi connectivity index (χ1v) is 6.36. The highest BCUT2D eigenvalue weighted by molar-refractivity contribution is 9.10. The Bertz CT molecular complexity index is 455. The Morgan fingerprint density at radius 2 is 2.39 bits per heavy atom. The lowest BCUT2D eigenvalue weighted by molar-refractivity contribution is -0.150. The number of hydrogen-bond acceptors (Lipinski definition) is 3. The van der Waals surface area contributed by atoms with Crippen LogP contribution in [0.15, 0.2) is 22.7 Å². The average Bonchev–Trinajstić information content (AvgIpc) is 2.34. The maximum atomic E-state index is 13.2. The lowest BCUT2D eigenvalue weighted by Gasteiger charge is -2.32. The lowest BCUT2D eigenvalue weighted by Crippen LogP contribution is -2.49. The van der Waals surface area contributed by atoms with Crippen LogP contribution in [0.5, 0.6) is 0 Å². The number of aliphatic carboxylic acids is 1. The molecule has 1 fully saturated rings. The minimum Gasteiger partial charge on any atom is -0.480 e. The van der Waals surface area contributed by atoms with Gasteiger partial charge in [-0.2, -0.15) is 0 Å². The van der Waals surface area contributed by atoms with Gasteiger partial charge in [-0.05, 0) is 23.8 Å². The van der Waals surface area contributed by atoms with Crippen LogP contribution < -0.4 is 0 Å². The van der Waals surface area contributed by atoms with Gasteiger partial charge >= 0.3 is 5.97 Å². The Morgan fingerprint density at radius 3 is 3.11 bits per heavy atom. The zero-order valence-electron chi connectivity index (χ0n) is 9.60. The molecule has 0 aliphatic carbocycles. The quantitative estimate of drug-likeness (QED) is 0.924. The molecular formula is C12H13BrFNO3. The van der Waals surface area contributed by atoms with Gasteiger partial charge in [0.1, 0.15) is 11.9 Å². The van der Waals surface area contributed by atoms with Crippen LogP contribution in [0, 0.1) is 5.82 Å². The minimum atomic E-state index is -0.915. The van der Waals surface area contributed by atoms with E-state index in [4.69, 9.17) is 9.84 Å². The molecule has 1 heterocycles. The van der Waals surface area contributed by atoms with Crippen LogP contribution in [0.1, 0.15) is 5.56 Å². The average molecular weight is 318 g/mol. The second kappa shape index (κ2) is 5.77. The maximum Gasteiger partial charge on any atom is 0.323 e. The molecule has 1 aromatic carbocycles. The molecule has 0 spiro atoms. The van der Waals surface area contributed by atoms with E-state index in [-0.39, 0.29) is 12.4 Å². The Labute approximate surface area is 112 Å². The summed E-state index contributed by atoms with van der Waals surface area (Å²) in [6, 6.07) is 3.73. The summed E-state index contributed by atoms with van der Waals surface area (Å²) in [6.07, 6.45) is 0. The number of nitrogens with zero attached hydrogens (tertiary/aromatic N) is 1. The predicted octanol–water partition coefficient (Wildman–Crippen LogP) is 1.87. The number of halogens is 2. The zero-order valence-corrected chi connectivity index (χ0v) is 11.2. The Kier molecular flexibility index (Phi) is 4.31. The fourth-order valence-corrected chi connectivity index (χ4v) is 2.31. The summed E-state index contributed by atoms with van der Waals surface area (Å²) in [5.41, 5.74) is 0.739. The maximum absolute atomic E-state index is 13.2. The fourth-order valence-electron chi connectivity index (χ4n) is 1.94. The summed E-state index contributed by atoms with van der Waals surface area (Å²) < 4.78 is 19.1. The highest BCUT2D eigenvalue weighted by Crippen LogP contribution is 2.21. The Hall–Kier alpha value is -0.980. The smallest absolute Gasteiger partial charge is 0.323 e. The van der Waals surface area contributed by atoms with Gasteiger partial charge in [0.15, 0.2) is 0 Å². The lowest BCUT2D eigenvalue weighted by atomic mass is 10.1. The molecule has 0 bridgehead atoms. The number of benzene rings is 1. The van der Waals surface area contributed by atoms with E-state index in [0.717, 1.165) is 10.0 Å².